The van der Waals surface area contributed by atoms with Crippen LogP contribution in [0.3, 0.4) is 0 Å². The first-order valence-corrected chi connectivity index (χ1v) is 8.06. The van der Waals surface area contributed by atoms with E-state index < -0.39 is 80.5 Å². The van der Waals surface area contributed by atoms with Gasteiger partial charge in [0.2, 0.25) is 5.91 Å². The quantitative estimate of drug-likeness (QED) is 0.226. The van der Waals surface area contributed by atoms with Crippen LogP contribution >= 0.6 is 0 Å². The second-order valence-electron chi connectivity index (χ2n) is 6.26. The van der Waals surface area contributed by atoms with Gasteiger partial charge in [-0.25, -0.2) is 0 Å². The van der Waals surface area contributed by atoms with E-state index in [0.717, 1.165) is 6.92 Å². The van der Waals surface area contributed by atoms with E-state index in [1.807, 2.05) is 0 Å². The smallest absolute Gasteiger partial charge is 0.217 e. The topological polar surface area (TPSA) is 198 Å². The molecule has 12 heteroatoms. The lowest BCUT2D eigenvalue weighted by atomic mass is 9.95. The first-order valence-electron chi connectivity index (χ1n) is 8.06. The van der Waals surface area contributed by atoms with Gasteiger partial charge in [-0.05, 0) is 0 Å². The van der Waals surface area contributed by atoms with Crippen LogP contribution in [0.15, 0.2) is 0 Å². The van der Waals surface area contributed by atoms with Crippen molar-refractivity contribution in [2.75, 3.05) is 13.2 Å². The monoisotopic (exact) mass is 383 g/mol. The van der Waals surface area contributed by atoms with Gasteiger partial charge in [0, 0.05) is 6.92 Å². The average molecular weight is 383 g/mol. The van der Waals surface area contributed by atoms with Gasteiger partial charge in [0.05, 0.1) is 13.2 Å². The van der Waals surface area contributed by atoms with Gasteiger partial charge in [-0.3, -0.25) is 4.79 Å². The Morgan fingerprint density at radius 3 is 2.04 bits per heavy atom. The van der Waals surface area contributed by atoms with Crippen LogP contribution in [0.2, 0.25) is 0 Å². The molecule has 2 fully saturated rings. The maximum absolute atomic E-state index is 11.4. The largest absolute Gasteiger partial charge is 0.394 e. The number of hydrogen-bond donors (Lipinski definition) is 8. The molecule has 0 aromatic carbocycles. The van der Waals surface area contributed by atoms with E-state index in [1.165, 1.54) is 0 Å². The standard InChI is InChI=1S/C14H25NO11/c1-4(18)15-7-10(21)8(19)5(2-16)25-14(7)26-12-9(20)6(3-17)24-13(23)11(12)22/h5-14,16-17,19-23H,2-3H2,1H3,(H,15,18)/t5-,6-,7-,8+,9+,10-,11-,12+,13+,14+/m1/s1. The van der Waals surface area contributed by atoms with Gasteiger partial charge in [0.1, 0.15) is 48.8 Å². The van der Waals surface area contributed by atoms with Crippen LogP contribution in [0.4, 0.5) is 0 Å². The average Bonchev–Trinajstić information content (AvgIpc) is 2.60. The van der Waals surface area contributed by atoms with Crippen molar-refractivity contribution < 1.29 is 54.8 Å². The predicted molar refractivity (Wildman–Crippen MR) is 80.2 cm³/mol. The van der Waals surface area contributed by atoms with E-state index in [1.54, 1.807) is 0 Å². The third kappa shape index (κ3) is 4.31. The maximum atomic E-state index is 11.4. The minimum absolute atomic E-state index is 0.581. The van der Waals surface area contributed by atoms with E-state index in [9.17, 15) is 40.5 Å². The molecule has 0 aromatic rings. The Morgan fingerprint density at radius 1 is 0.923 bits per heavy atom. The summed E-state index contributed by atoms with van der Waals surface area (Å²) in [5, 5.41) is 70.8. The van der Waals surface area contributed by atoms with Crippen LogP contribution < -0.4 is 5.32 Å². The summed E-state index contributed by atoms with van der Waals surface area (Å²) in [6.07, 6.45) is -13.7. The summed E-state index contributed by atoms with van der Waals surface area (Å²) in [7, 11) is 0. The lowest BCUT2D eigenvalue weighted by Gasteiger charge is -2.46. The van der Waals surface area contributed by atoms with E-state index in [2.05, 4.69) is 5.32 Å². The molecule has 8 N–H and O–H groups in total. The minimum atomic E-state index is -1.77. The third-order valence-electron chi connectivity index (χ3n) is 4.38. The fraction of sp³-hybridized carbons (Fsp3) is 0.929. The van der Waals surface area contributed by atoms with Crippen molar-refractivity contribution in [1.29, 1.82) is 0 Å². The van der Waals surface area contributed by atoms with Crippen molar-refractivity contribution in [3.63, 3.8) is 0 Å². The molecule has 0 unspecified atom stereocenters. The minimum Gasteiger partial charge on any atom is -0.394 e. The van der Waals surface area contributed by atoms with Crippen LogP contribution in [-0.4, -0.2) is 116 Å². The summed E-state index contributed by atoms with van der Waals surface area (Å²) in [4.78, 5) is 11.4. The molecule has 0 saturated carbocycles. The Kier molecular flexibility index (Phi) is 7.27. The number of hydrogen-bond acceptors (Lipinski definition) is 11. The second-order valence-corrected chi connectivity index (χ2v) is 6.26. The van der Waals surface area contributed by atoms with E-state index in [4.69, 9.17) is 14.2 Å². The van der Waals surface area contributed by atoms with Crippen LogP contribution in [0.1, 0.15) is 6.92 Å². The van der Waals surface area contributed by atoms with Crippen molar-refractivity contribution in [2.24, 2.45) is 0 Å². The van der Waals surface area contributed by atoms with E-state index in [0.29, 0.717) is 0 Å². The van der Waals surface area contributed by atoms with Crippen LogP contribution in [0, 0.1) is 0 Å². The lowest BCUT2D eigenvalue weighted by Crippen LogP contribution is -2.67. The second kappa shape index (κ2) is 8.84. The Hall–Kier alpha value is -0.930. The molecule has 2 aliphatic rings. The van der Waals surface area contributed by atoms with Gasteiger partial charge in [-0.1, -0.05) is 0 Å². The highest BCUT2D eigenvalue weighted by Crippen LogP contribution is 2.28. The Bertz CT molecular complexity index is 480. The molecule has 0 aliphatic carbocycles. The van der Waals surface area contributed by atoms with Crippen molar-refractivity contribution >= 4 is 5.91 Å². The lowest BCUT2D eigenvalue weighted by molar-refractivity contribution is -0.341. The van der Waals surface area contributed by atoms with Gasteiger partial charge in [0.25, 0.3) is 0 Å². The highest BCUT2D eigenvalue weighted by atomic mass is 16.7. The highest BCUT2D eigenvalue weighted by Gasteiger charge is 2.50. The molecule has 26 heavy (non-hydrogen) atoms. The van der Waals surface area contributed by atoms with Crippen molar-refractivity contribution in [2.45, 2.75) is 68.3 Å². The molecule has 12 nitrogen and oxygen atoms in total. The molecule has 152 valence electrons. The van der Waals surface area contributed by atoms with Crippen LogP contribution in [-0.2, 0) is 19.0 Å². The van der Waals surface area contributed by atoms with Crippen LogP contribution in [0.25, 0.3) is 0 Å². The predicted octanol–water partition coefficient (Wildman–Crippen LogP) is -5.25. The van der Waals surface area contributed by atoms with Crippen molar-refractivity contribution in [3.8, 4) is 0 Å². The molecule has 10 atom stereocenters. The third-order valence-corrected chi connectivity index (χ3v) is 4.38. The Labute approximate surface area is 148 Å². The molecule has 2 rings (SSSR count). The zero-order chi connectivity index (χ0) is 19.6. The van der Waals surface area contributed by atoms with E-state index >= 15 is 0 Å². The van der Waals surface area contributed by atoms with Gasteiger partial charge >= 0.3 is 0 Å². The fourth-order valence-electron chi connectivity index (χ4n) is 2.97. The maximum Gasteiger partial charge on any atom is 0.217 e. The molecule has 0 spiro atoms. The number of amides is 1. The molecule has 2 saturated heterocycles. The molecule has 0 aromatic heterocycles. The van der Waals surface area contributed by atoms with Gasteiger partial charge in [-0.15, -0.1) is 0 Å². The molecular weight excluding hydrogens is 358 g/mol. The summed E-state index contributed by atoms with van der Waals surface area (Å²) in [6.45, 7) is -0.199. The van der Waals surface area contributed by atoms with Crippen LogP contribution in [0.5, 0.6) is 0 Å². The van der Waals surface area contributed by atoms with Crippen molar-refractivity contribution in [1.82, 2.24) is 5.32 Å². The van der Waals surface area contributed by atoms with Crippen molar-refractivity contribution in [3.05, 3.63) is 0 Å². The normalized spacial score (nSPS) is 46.8. The SMILES string of the molecule is CC(=O)N[C@H]1[C@H](O[C@@H]2[C@@H](O)[C@@H](O)O[C@H](CO)[C@@H]2O)O[C@H](CO)[C@H](O)[C@@H]1O. The zero-order valence-corrected chi connectivity index (χ0v) is 14.0. The van der Waals surface area contributed by atoms with Gasteiger partial charge in [-0.2, -0.15) is 0 Å². The summed E-state index contributed by atoms with van der Waals surface area (Å²) in [5.74, 6) is -0.581. The number of carbonyl (C=O) groups excluding carboxylic acids is 1. The van der Waals surface area contributed by atoms with Gasteiger partial charge in [0.15, 0.2) is 12.6 Å². The molecule has 0 bridgehead atoms. The Morgan fingerprint density at radius 2 is 1.50 bits per heavy atom. The molecule has 2 heterocycles. The number of nitrogens with one attached hydrogen (secondary N) is 1. The summed E-state index contributed by atoms with van der Waals surface area (Å²) in [6, 6.07) is -1.29. The first-order chi connectivity index (χ1) is 12.2. The van der Waals surface area contributed by atoms with Gasteiger partial charge < -0.3 is 55.3 Å². The highest BCUT2D eigenvalue weighted by molar-refractivity contribution is 5.73. The fourth-order valence-corrected chi connectivity index (χ4v) is 2.97. The number of ether oxygens (including phenoxy) is 3. The number of rotatable bonds is 5. The summed E-state index contributed by atoms with van der Waals surface area (Å²) < 4.78 is 15.6. The summed E-state index contributed by atoms with van der Waals surface area (Å²) in [5.41, 5.74) is 0. The molecule has 0 radical (unpaired) electrons. The zero-order valence-electron chi connectivity index (χ0n) is 14.0. The Balaban J connectivity index is 2.22. The molecule has 2 aliphatic heterocycles. The first kappa shape index (κ1) is 21.4. The number of aliphatic hydroxyl groups is 7. The molecular formula is C14H25NO11. The number of carbonyl (C=O) groups is 1. The summed E-state index contributed by atoms with van der Waals surface area (Å²) >= 11 is 0. The van der Waals surface area contributed by atoms with E-state index in [-0.39, 0.29) is 0 Å². The molecule has 1 amide bonds. The number of aliphatic hydroxyl groups excluding tert-OH is 7.